The van der Waals surface area contributed by atoms with Gasteiger partial charge in [0.15, 0.2) is 11.6 Å². The molecule has 0 aromatic carbocycles. The zero-order valence-corrected chi connectivity index (χ0v) is 9.16. The van der Waals surface area contributed by atoms with E-state index in [9.17, 15) is 4.39 Å². The first-order chi connectivity index (χ1) is 7.06. The highest BCUT2D eigenvalue weighted by Gasteiger charge is 2.16. The second-order valence-corrected chi connectivity index (χ2v) is 3.47. The minimum Gasteiger partial charge on any atom is -0.353 e. The summed E-state index contributed by atoms with van der Waals surface area (Å²) >= 11 is 5.56. The molecule has 1 aromatic rings. The van der Waals surface area contributed by atoms with Crippen molar-refractivity contribution in [1.29, 1.82) is 5.26 Å². The predicted octanol–water partition coefficient (Wildman–Crippen LogP) is 2.01. The van der Waals surface area contributed by atoms with E-state index in [1.807, 2.05) is 6.07 Å². The van der Waals surface area contributed by atoms with E-state index in [1.165, 1.54) is 0 Å². The summed E-state index contributed by atoms with van der Waals surface area (Å²) < 4.78 is 13.3. The van der Waals surface area contributed by atoms with Gasteiger partial charge in [-0.1, -0.05) is 0 Å². The molecular weight excluding hydrogens is 219 g/mol. The van der Waals surface area contributed by atoms with E-state index < -0.39 is 5.82 Å². The molecule has 80 valence electrons. The van der Waals surface area contributed by atoms with E-state index in [4.69, 9.17) is 16.9 Å². The largest absolute Gasteiger partial charge is 0.353 e. The Kier molecular flexibility index (Phi) is 3.81. The fourth-order valence-electron chi connectivity index (χ4n) is 1.06. The summed E-state index contributed by atoms with van der Waals surface area (Å²) in [4.78, 5) is 8.85. The highest BCUT2D eigenvalue weighted by Crippen LogP contribution is 2.18. The summed E-state index contributed by atoms with van der Waals surface area (Å²) in [6.45, 7) is 1.80. The Balaban J connectivity index is 2.95. The average Bonchev–Trinajstić information content (AvgIpc) is 2.21. The summed E-state index contributed by atoms with van der Waals surface area (Å²) in [7, 11) is 1.66. The molecule has 6 heteroatoms. The first-order valence-electron chi connectivity index (χ1n) is 4.34. The molecule has 0 aliphatic carbocycles. The SMILES string of the molecule is CC(CC#N)N(C)c1nc(Cl)ncc1F. The third-order valence-corrected chi connectivity index (χ3v) is 2.26. The Hall–Kier alpha value is -1.41. The molecule has 0 spiro atoms. The summed E-state index contributed by atoms with van der Waals surface area (Å²) in [5, 5.41) is 8.52. The van der Waals surface area contributed by atoms with Gasteiger partial charge in [0.1, 0.15) is 0 Å². The highest BCUT2D eigenvalue weighted by atomic mass is 35.5. The minimum absolute atomic E-state index is 0.0117. The third kappa shape index (κ3) is 2.77. The second kappa shape index (κ2) is 4.89. The Morgan fingerprint density at radius 3 is 3.00 bits per heavy atom. The van der Waals surface area contributed by atoms with Crippen LogP contribution < -0.4 is 4.90 Å². The van der Waals surface area contributed by atoms with Crippen LogP contribution in [0, 0.1) is 17.1 Å². The average molecular weight is 229 g/mol. The van der Waals surface area contributed by atoms with Crippen molar-refractivity contribution in [3.05, 3.63) is 17.3 Å². The molecule has 15 heavy (non-hydrogen) atoms. The van der Waals surface area contributed by atoms with Crippen LogP contribution in [-0.2, 0) is 0 Å². The number of nitrogens with zero attached hydrogens (tertiary/aromatic N) is 4. The van der Waals surface area contributed by atoms with Crippen LogP contribution >= 0.6 is 11.6 Å². The number of rotatable bonds is 3. The number of hydrogen-bond donors (Lipinski definition) is 0. The van der Waals surface area contributed by atoms with Crippen LogP contribution in [0.4, 0.5) is 10.2 Å². The van der Waals surface area contributed by atoms with Crippen molar-refractivity contribution in [3.63, 3.8) is 0 Å². The van der Waals surface area contributed by atoms with Crippen LogP contribution in [0.1, 0.15) is 13.3 Å². The molecule has 1 atom stereocenters. The fraction of sp³-hybridized carbons (Fsp3) is 0.444. The molecule has 1 unspecified atom stereocenters. The summed E-state index contributed by atoms with van der Waals surface area (Å²) in [5.74, 6) is -0.440. The molecule has 0 amide bonds. The highest BCUT2D eigenvalue weighted by molar-refractivity contribution is 6.28. The van der Waals surface area contributed by atoms with E-state index in [0.29, 0.717) is 0 Å². The van der Waals surface area contributed by atoms with Gasteiger partial charge in [0, 0.05) is 13.1 Å². The standard InChI is InChI=1S/C9H10ClFN4/c1-6(3-4-12)15(2)8-7(11)5-13-9(10)14-8/h5-6H,3H2,1-2H3. The van der Waals surface area contributed by atoms with Crippen LogP contribution in [0.5, 0.6) is 0 Å². The van der Waals surface area contributed by atoms with Gasteiger partial charge >= 0.3 is 0 Å². The van der Waals surface area contributed by atoms with Crippen LogP contribution in [0.3, 0.4) is 0 Å². The Bertz CT molecular complexity index is 390. The minimum atomic E-state index is -0.549. The lowest BCUT2D eigenvalue weighted by Gasteiger charge is -2.23. The molecule has 0 aliphatic rings. The molecule has 0 fully saturated rings. The molecule has 1 heterocycles. The normalized spacial score (nSPS) is 11.9. The van der Waals surface area contributed by atoms with Gasteiger partial charge < -0.3 is 4.90 Å². The van der Waals surface area contributed by atoms with Gasteiger partial charge in [-0.15, -0.1) is 0 Å². The quantitative estimate of drug-likeness (QED) is 0.743. The van der Waals surface area contributed by atoms with Gasteiger partial charge in [0.2, 0.25) is 5.28 Å². The van der Waals surface area contributed by atoms with Gasteiger partial charge in [-0.3, -0.25) is 0 Å². The van der Waals surface area contributed by atoms with E-state index in [-0.39, 0.29) is 23.6 Å². The number of nitriles is 1. The molecule has 0 aliphatic heterocycles. The van der Waals surface area contributed by atoms with E-state index in [0.717, 1.165) is 6.20 Å². The first kappa shape index (κ1) is 11.7. The topological polar surface area (TPSA) is 52.8 Å². The molecule has 0 N–H and O–H groups in total. The lowest BCUT2D eigenvalue weighted by molar-refractivity contribution is 0.591. The van der Waals surface area contributed by atoms with Crippen molar-refractivity contribution in [2.45, 2.75) is 19.4 Å². The summed E-state index contributed by atoms with van der Waals surface area (Å²) in [5.41, 5.74) is 0. The number of halogens is 2. The number of aromatic nitrogens is 2. The van der Waals surface area contributed by atoms with Gasteiger partial charge in [-0.25, -0.2) is 9.37 Å². The maximum absolute atomic E-state index is 13.3. The second-order valence-electron chi connectivity index (χ2n) is 3.13. The Morgan fingerprint density at radius 1 is 1.73 bits per heavy atom. The Labute approximate surface area is 92.3 Å². The lowest BCUT2D eigenvalue weighted by atomic mass is 10.2. The molecule has 0 bridgehead atoms. The maximum atomic E-state index is 13.3. The van der Waals surface area contributed by atoms with Crippen molar-refractivity contribution in [3.8, 4) is 6.07 Å². The van der Waals surface area contributed by atoms with Crippen LogP contribution in [-0.4, -0.2) is 23.1 Å². The van der Waals surface area contributed by atoms with E-state index >= 15 is 0 Å². The third-order valence-electron chi connectivity index (χ3n) is 2.08. The molecule has 0 radical (unpaired) electrons. The summed E-state index contributed by atoms with van der Waals surface area (Å²) in [6, 6.07) is 1.88. The molecule has 1 aromatic heterocycles. The smallest absolute Gasteiger partial charge is 0.224 e. The van der Waals surface area contributed by atoms with Crippen molar-refractivity contribution < 1.29 is 4.39 Å². The zero-order chi connectivity index (χ0) is 11.4. The Morgan fingerprint density at radius 2 is 2.40 bits per heavy atom. The van der Waals surface area contributed by atoms with E-state index in [2.05, 4.69) is 9.97 Å². The van der Waals surface area contributed by atoms with Crippen LogP contribution in [0.2, 0.25) is 5.28 Å². The fourth-order valence-corrected chi connectivity index (χ4v) is 1.19. The molecule has 0 saturated heterocycles. The van der Waals surface area contributed by atoms with Crippen molar-refractivity contribution in [1.82, 2.24) is 9.97 Å². The van der Waals surface area contributed by atoms with Crippen LogP contribution in [0.25, 0.3) is 0 Å². The van der Waals surface area contributed by atoms with Crippen molar-refractivity contribution in [2.75, 3.05) is 11.9 Å². The van der Waals surface area contributed by atoms with E-state index in [1.54, 1.807) is 18.9 Å². The predicted molar refractivity (Wildman–Crippen MR) is 55.1 cm³/mol. The monoisotopic (exact) mass is 228 g/mol. The first-order valence-corrected chi connectivity index (χ1v) is 4.72. The molecular formula is C9H10ClFN4. The molecule has 4 nitrogen and oxygen atoms in total. The number of hydrogen-bond acceptors (Lipinski definition) is 4. The van der Waals surface area contributed by atoms with Gasteiger partial charge in [-0.05, 0) is 18.5 Å². The lowest BCUT2D eigenvalue weighted by Crippen LogP contribution is -2.30. The van der Waals surface area contributed by atoms with Crippen molar-refractivity contribution in [2.24, 2.45) is 0 Å². The van der Waals surface area contributed by atoms with Gasteiger partial charge in [-0.2, -0.15) is 10.2 Å². The molecule has 0 saturated carbocycles. The zero-order valence-electron chi connectivity index (χ0n) is 8.41. The van der Waals surface area contributed by atoms with Gasteiger partial charge in [0.25, 0.3) is 0 Å². The van der Waals surface area contributed by atoms with Crippen LogP contribution in [0.15, 0.2) is 6.20 Å². The molecule has 1 rings (SSSR count). The number of anilines is 1. The maximum Gasteiger partial charge on any atom is 0.224 e. The van der Waals surface area contributed by atoms with Crippen molar-refractivity contribution >= 4 is 17.4 Å². The summed E-state index contributed by atoms with van der Waals surface area (Å²) in [6.07, 6.45) is 1.30. The van der Waals surface area contributed by atoms with Gasteiger partial charge in [0.05, 0.1) is 18.7 Å².